The van der Waals surface area contributed by atoms with Crippen LogP contribution in [-0.2, 0) is 0 Å². The molecule has 4 nitrogen and oxygen atoms in total. The van der Waals surface area contributed by atoms with Gasteiger partial charge in [-0.05, 0) is 43.8 Å². The van der Waals surface area contributed by atoms with E-state index in [2.05, 4.69) is 22.2 Å². The summed E-state index contributed by atoms with van der Waals surface area (Å²) in [5.41, 5.74) is 2.76. The number of rotatable bonds is 5. The molecule has 0 bridgehead atoms. The molecule has 1 aliphatic rings. The molecule has 26 heavy (non-hydrogen) atoms. The first-order valence-electron chi connectivity index (χ1n) is 9.06. The van der Waals surface area contributed by atoms with Crippen molar-refractivity contribution in [1.82, 2.24) is 15.1 Å². The molecule has 1 fully saturated rings. The quantitative estimate of drug-likeness (QED) is 0.896. The third-order valence-corrected chi connectivity index (χ3v) is 4.97. The van der Waals surface area contributed by atoms with Crippen molar-refractivity contribution < 1.29 is 9.18 Å². The Hall–Kier alpha value is -2.24. The average molecular weight is 355 g/mol. The van der Waals surface area contributed by atoms with Crippen molar-refractivity contribution in [2.75, 3.05) is 39.8 Å². The van der Waals surface area contributed by atoms with Crippen LogP contribution in [0.15, 0.2) is 48.5 Å². The summed E-state index contributed by atoms with van der Waals surface area (Å²) in [6.07, 6.45) is 0. The first-order chi connectivity index (χ1) is 12.5. The number of hydrogen-bond acceptors (Lipinski definition) is 3. The molecule has 0 radical (unpaired) electrons. The van der Waals surface area contributed by atoms with Gasteiger partial charge in [-0.15, -0.1) is 0 Å². The van der Waals surface area contributed by atoms with E-state index in [1.807, 2.05) is 43.3 Å². The molecule has 0 aliphatic carbocycles. The maximum Gasteiger partial charge on any atom is 0.251 e. The minimum Gasteiger partial charge on any atom is -0.350 e. The van der Waals surface area contributed by atoms with Gasteiger partial charge in [-0.3, -0.25) is 9.69 Å². The van der Waals surface area contributed by atoms with Gasteiger partial charge in [0, 0.05) is 38.3 Å². The number of benzene rings is 2. The third kappa shape index (κ3) is 4.68. The number of amides is 1. The van der Waals surface area contributed by atoms with Crippen LogP contribution in [0.4, 0.5) is 4.39 Å². The van der Waals surface area contributed by atoms with Gasteiger partial charge < -0.3 is 10.2 Å². The summed E-state index contributed by atoms with van der Waals surface area (Å²) in [4.78, 5) is 17.2. The van der Waals surface area contributed by atoms with E-state index in [1.54, 1.807) is 0 Å². The van der Waals surface area contributed by atoms with Crippen LogP contribution in [0.3, 0.4) is 0 Å². The highest BCUT2D eigenvalue weighted by Crippen LogP contribution is 2.22. The Morgan fingerprint density at radius 3 is 2.46 bits per heavy atom. The van der Waals surface area contributed by atoms with Crippen molar-refractivity contribution in [3.05, 3.63) is 71.0 Å². The fourth-order valence-corrected chi connectivity index (χ4v) is 3.35. The van der Waals surface area contributed by atoms with Gasteiger partial charge in [0.05, 0.1) is 6.04 Å². The monoisotopic (exact) mass is 355 g/mol. The highest BCUT2D eigenvalue weighted by molar-refractivity contribution is 5.94. The maximum atomic E-state index is 13.3. The maximum absolute atomic E-state index is 13.3. The normalized spacial score (nSPS) is 17.0. The molecule has 0 spiro atoms. The average Bonchev–Trinajstić information content (AvgIpc) is 2.64. The molecule has 1 heterocycles. The topological polar surface area (TPSA) is 35.6 Å². The zero-order valence-electron chi connectivity index (χ0n) is 15.4. The standard InChI is InChI=1S/C21H26FN3O/c1-16-4-3-5-18(14-16)21(26)23-15-20(17-6-8-19(22)9-7-17)25-12-10-24(2)11-13-25/h3-9,14,20H,10-13,15H2,1-2H3,(H,23,26)/t20-/m1/s1. The lowest BCUT2D eigenvalue weighted by Crippen LogP contribution is -2.48. The second-order valence-corrected chi connectivity index (χ2v) is 6.99. The summed E-state index contributed by atoms with van der Waals surface area (Å²) < 4.78 is 13.3. The SMILES string of the molecule is Cc1cccc(C(=O)NC[C@H](c2ccc(F)cc2)N2CCN(C)CC2)c1. The van der Waals surface area contributed by atoms with E-state index in [4.69, 9.17) is 0 Å². The van der Waals surface area contributed by atoms with Crippen LogP contribution in [0.25, 0.3) is 0 Å². The Labute approximate surface area is 154 Å². The molecule has 138 valence electrons. The van der Waals surface area contributed by atoms with E-state index in [1.165, 1.54) is 12.1 Å². The molecule has 2 aromatic rings. The van der Waals surface area contributed by atoms with Gasteiger partial charge >= 0.3 is 0 Å². The molecular weight excluding hydrogens is 329 g/mol. The van der Waals surface area contributed by atoms with Gasteiger partial charge in [-0.25, -0.2) is 4.39 Å². The van der Waals surface area contributed by atoms with Gasteiger partial charge in [-0.1, -0.05) is 29.8 Å². The number of aryl methyl sites for hydroxylation is 1. The number of likely N-dealkylation sites (N-methyl/N-ethyl adjacent to an activating group) is 1. The summed E-state index contributed by atoms with van der Waals surface area (Å²) in [5.74, 6) is -0.315. The molecule has 0 unspecified atom stereocenters. The van der Waals surface area contributed by atoms with Gasteiger partial charge in [0.25, 0.3) is 5.91 Å². The van der Waals surface area contributed by atoms with E-state index in [9.17, 15) is 9.18 Å². The number of nitrogens with one attached hydrogen (secondary N) is 1. The minimum absolute atomic E-state index is 0.0399. The molecule has 1 atom stereocenters. The zero-order chi connectivity index (χ0) is 18.5. The Balaban J connectivity index is 1.73. The molecule has 0 saturated carbocycles. The summed E-state index contributed by atoms with van der Waals surface area (Å²) >= 11 is 0. The molecule has 3 rings (SSSR count). The third-order valence-electron chi connectivity index (χ3n) is 4.97. The summed E-state index contributed by atoms with van der Waals surface area (Å²) in [7, 11) is 2.11. The van der Waals surface area contributed by atoms with E-state index in [-0.39, 0.29) is 17.8 Å². The molecule has 0 aromatic heterocycles. The van der Waals surface area contributed by atoms with Crippen LogP contribution in [0.5, 0.6) is 0 Å². The van der Waals surface area contributed by atoms with Crippen LogP contribution in [0.2, 0.25) is 0 Å². The van der Waals surface area contributed by atoms with Gasteiger partial charge in [0.1, 0.15) is 5.82 Å². The summed E-state index contributed by atoms with van der Waals surface area (Å²) in [6, 6.07) is 14.2. The fourth-order valence-electron chi connectivity index (χ4n) is 3.35. The van der Waals surface area contributed by atoms with E-state index in [0.717, 1.165) is 37.3 Å². The van der Waals surface area contributed by atoms with Crippen LogP contribution >= 0.6 is 0 Å². The fraction of sp³-hybridized carbons (Fsp3) is 0.381. The van der Waals surface area contributed by atoms with Crippen LogP contribution in [0.1, 0.15) is 27.5 Å². The van der Waals surface area contributed by atoms with Crippen LogP contribution in [-0.4, -0.2) is 55.5 Å². The predicted molar refractivity (Wildman–Crippen MR) is 102 cm³/mol. The van der Waals surface area contributed by atoms with Crippen molar-refractivity contribution in [1.29, 1.82) is 0 Å². The summed E-state index contributed by atoms with van der Waals surface area (Å²) in [6.45, 7) is 6.31. The van der Waals surface area contributed by atoms with Gasteiger partial charge in [0.15, 0.2) is 0 Å². The van der Waals surface area contributed by atoms with Crippen molar-refractivity contribution >= 4 is 5.91 Å². The summed E-state index contributed by atoms with van der Waals surface area (Å²) in [5, 5.41) is 3.06. The van der Waals surface area contributed by atoms with E-state index >= 15 is 0 Å². The first kappa shape index (κ1) is 18.5. The number of carbonyl (C=O) groups is 1. The van der Waals surface area contributed by atoms with Gasteiger partial charge in [0.2, 0.25) is 0 Å². The first-order valence-corrected chi connectivity index (χ1v) is 9.06. The highest BCUT2D eigenvalue weighted by Gasteiger charge is 2.24. The molecular formula is C21H26FN3O. The highest BCUT2D eigenvalue weighted by atomic mass is 19.1. The molecule has 1 N–H and O–H groups in total. The van der Waals surface area contributed by atoms with Gasteiger partial charge in [-0.2, -0.15) is 0 Å². The number of hydrogen-bond donors (Lipinski definition) is 1. The van der Waals surface area contributed by atoms with Crippen LogP contribution in [0, 0.1) is 12.7 Å². The second kappa shape index (κ2) is 8.43. The molecule has 1 aliphatic heterocycles. The molecule has 1 saturated heterocycles. The molecule has 2 aromatic carbocycles. The number of carbonyl (C=O) groups excluding carboxylic acids is 1. The Bertz CT molecular complexity index is 739. The van der Waals surface area contributed by atoms with Crippen molar-refractivity contribution in [2.45, 2.75) is 13.0 Å². The van der Waals surface area contributed by atoms with Crippen molar-refractivity contribution in [3.63, 3.8) is 0 Å². The lowest BCUT2D eigenvalue weighted by molar-refractivity contribution is 0.0886. The van der Waals surface area contributed by atoms with Crippen molar-refractivity contribution in [2.24, 2.45) is 0 Å². The lowest BCUT2D eigenvalue weighted by atomic mass is 10.0. The molecule has 5 heteroatoms. The predicted octanol–water partition coefficient (Wildman–Crippen LogP) is 2.85. The largest absolute Gasteiger partial charge is 0.350 e. The zero-order valence-corrected chi connectivity index (χ0v) is 15.4. The van der Waals surface area contributed by atoms with Crippen LogP contribution < -0.4 is 5.32 Å². The molecule has 1 amide bonds. The van der Waals surface area contributed by atoms with E-state index < -0.39 is 0 Å². The number of nitrogens with zero attached hydrogens (tertiary/aromatic N) is 2. The number of piperazine rings is 1. The minimum atomic E-state index is -0.241. The second-order valence-electron chi connectivity index (χ2n) is 6.99. The Kier molecular flexibility index (Phi) is 6.01. The Morgan fingerprint density at radius 1 is 1.12 bits per heavy atom. The lowest BCUT2D eigenvalue weighted by Gasteiger charge is -2.38. The van der Waals surface area contributed by atoms with E-state index in [0.29, 0.717) is 12.1 Å². The Morgan fingerprint density at radius 2 is 1.81 bits per heavy atom. The van der Waals surface area contributed by atoms with Crippen molar-refractivity contribution in [3.8, 4) is 0 Å². The smallest absolute Gasteiger partial charge is 0.251 e. The number of halogens is 1.